The van der Waals surface area contributed by atoms with E-state index >= 15 is 0 Å². The number of amides is 1. The highest BCUT2D eigenvalue weighted by molar-refractivity contribution is 7.89. The highest BCUT2D eigenvalue weighted by Gasteiger charge is 2.24. The molecule has 0 atom stereocenters. The number of benzene rings is 1. The van der Waals surface area contributed by atoms with Crippen LogP contribution < -0.4 is 5.32 Å². The Balaban J connectivity index is 2.10. The lowest BCUT2D eigenvalue weighted by Crippen LogP contribution is -2.35. The van der Waals surface area contributed by atoms with Crippen LogP contribution in [0.25, 0.3) is 0 Å². The predicted molar refractivity (Wildman–Crippen MR) is 73.3 cm³/mol. The number of sulfonamides is 1. The molecule has 1 heterocycles. The standard InChI is InChI=1S/C12H11F3N4O3S/c1-19(23(21,22)7-4-16-17-5-7)6-10(20)18-9-3-2-8(13)11(14)12(9)15/h2-5H,6H2,1H3,(H,16,17)(H,18,20). The molecule has 0 spiro atoms. The maximum Gasteiger partial charge on any atom is 0.246 e. The maximum atomic E-state index is 13.4. The molecule has 0 bridgehead atoms. The van der Waals surface area contributed by atoms with Crippen LogP contribution >= 0.6 is 0 Å². The Hall–Kier alpha value is -2.40. The third kappa shape index (κ3) is 3.51. The maximum absolute atomic E-state index is 13.4. The number of nitrogens with zero attached hydrogens (tertiary/aromatic N) is 2. The summed E-state index contributed by atoms with van der Waals surface area (Å²) in [5.41, 5.74) is -0.594. The monoisotopic (exact) mass is 348 g/mol. The Labute approximate surface area is 129 Å². The van der Waals surface area contributed by atoms with Gasteiger partial charge < -0.3 is 5.32 Å². The quantitative estimate of drug-likeness (QED) is 0.791. The van der Waals surface area contributed by atoms with E-state index in [4.69, 9.17) is 0 Å². The SMILES string of the molecule is CN(CC(=O)Nc1ccc(F)c(F)c1F)S(=O)(=O)c1cn[nH]c1. The van der Waals surface area contributed by atoms with Crippen LogP contribution in [0.4, 0.5) is 18.9 Å². The number of aromatic nitrogens is 2. The fraction of sp³-hybridized carbons (Fsp3) is 0.167. The van der Waals surface area contributed by atoms with Crippen molar-refractivity contribution in [2.24, 2.45) is 0 Å². The van der Waals surface area contributed by atoms with E-state index in [9.17, 15) is 26.4 Å². The average molecular weight is 348 g/mol. The van der Waals surface area contributed by atoms with Crippen molar-refractivity contribution in [3.05, 3.63) is 42.0 Å². The Morgan fingerprint density at radius 2 is 2.00 bits per heavy atom. The van der Waals surface area contributed by atoms with Gasteiger partial charge in [0.1, 0.15) is 4.90 Å². The number of nitrogens with one attached hydrogen (secondary N) is 2. The molecule has 0 saturated heterocycles. The number of halogens is 3. The second-order valence-electron chi connectivity index (χ2n) is 4.47. The summed E-state index contributed by atoms with van der Waals surface area (Å²) >= 11 is 0. The van der Waals surface area contributed by atoms with E-state index in [1.165, 1.54) is 0 Å². The molecule has 23 heavy (non-hydrogen) atoms. The van der Waals surface area contributed by atoms with Gasteiger partial charge in [0.2, 0.25) is 15.9 Å². The number of H-pyrrole nitrogens is 1. The van der Waals surface area contributed by atoms with Gasteiger partial charge in [0.15, 0.2) is 17.5 Å². The molecule has 1 amide bonds. The number of anilines is 1. The van der Waals surface area contributed by atoms with E-state index in [0.717, 1.165) is 25.5 Å². The minimum Gasteiger partial charge on any atom is -0.322 e. The van der Waals surface area contributed by atoms with Gasteiger partial charge in [0, 0.05) is 13.2 Å². The number of carbonyl (C=O) groups is 1. The second-order valence-corrected chi connectivity index (χ2v) is 6.51. The van der Waals surface area contributed by atoms with Gasteiger partial charge >= 0.3 is 0 Å². The first-order chi connectivity index (χ1) is 10.7. The van der Waals surface area contributed by atoms with Gasteiger partial charge in [0.25, 0.3) is 0 Å². The molecule has 1 aromatic carbocycles. The molecule has 11 heteroatoms. The van der Waals surface area contributed by atoms with Gasteiger partial charge in [-0.05, 0) is 12.1 Å². The summed E-state index contributed by atoms with van der Waals surface area (Å²) in [6.45, 7) is -0.661. The molecule has 2 N–H and O–H groups in total. The molecule has 2 rings (SSSR count). The molecular weight excluding hydrogens is 337 g/mol. The molecule has 0 aliphatic rings. The summed E-state index contributed by atoms with van der Waals surface area (Å²) in [6, 6.07) is 1.47. The van der Waals surface area contributed by atoms with Crippen molar-refractivity contribution in [3.8, 4) is 0 Å². The van der Waals surface area contributed by atoms with E-state index in [-0.39, 0.29) is 4.90 Å². The zero-order valence-corrected chi connectivity index (χ0v) is 12.5. The van der Waals surface area contributed by atoms with Crippen LogP contribution in [0.5, 0.6) is 0 Å². The molecule has 0 aliphatic carbocycles. The molecule has 0 fully saturated rings. The van der Waals surface area contributed by atoms with Gasteiger partial charge in [-0.2, -0.15) is 9.40 Å². The zero-order valence-electron chi connectivity index (χ0n) is 11.7. The van der Waals surface area contributed by atoms with Crippen molar-refractivity contribution in [1.29, 1.82) is 0 Å². The van der Waals surface area contributed by atoms with Crippen LogP contribution in [0.1, 0.15) is 0 Å². The minimum atomic E-state index is -3.96. The molecule has 0 radical (unpaired) electrons. The largest absolute Gasteiger partial charge is 0.322 e. The summed E-state index contributed by atoms with van der Waals surface area (Å²) in [7, 11) is -2.83. The number of hydrogen-bond donors (Lipinski definition) is 2. The van der Waals surface area contributed by atoms with Crippen LogP contribution in [0, 0.1) is 17.5 Å². The normalized spacial score (nSPS) is 11.7. The van der Waals surface area contributed by atoms with Gasteiger partial charge in [-0.3, -0.25) is 9.89 Å². The van der Waals surface area contributed by atoms with Gasteiger partial charge in [-0.15, -0.1) is 0 Å². The van der Waals surface area contributed by atoms with E-state index < -0.39 is 45.6 Å². The molecule has 7 nitrogen and oxygen atoms in total. The second kappa shape index (κ2) is 6.38. The van der Waals surface area contributed by atoms with Crippen molar-refractivity contribution in [2.45, 2.75) is 4.90 Å². The van der Waals surface area contributed by atoms with E-state index in [1.807, 2.05) is 5.32 Å². The van der Waals surface area contributed by atoms with Crippen LogP contribution in [0.2, 0.25) is 0 Å². The highest BCUT2D eigenvalue weighted by Crippen LogP contribution is 2.19. The molecular formula is C12H11F3N4O3S. The molecule has 124 valence electrons. The molecule has 1 aromatic heterocycles. The first-order valence-corrected chi connectivity index (χ1v) is 7.56. The summed E-state index contributed by atoms with van der Waals surface area (Å²) in [6.07, 6.45) is 2.18. The van der Waals surface area contributed by atoms with Crippen molar-refractivity contribution < 1.29 is 26.4 Å². The molecule has 2 aromatic rings. The van der Waals surface area contributed by atoms with E-state index in [2.05, 4.69) is 10.2 Å². The Kier molecular flexibility index (Phi) is 4.71. The van der Waals surface area contributed by atoms with Crippen LogP contribution in [0.15, 0.2) is 29.4 Å². The molecule has 0 unspecified atom stereocenters. The van der Waals surface area contributed by atoms with Crippen LogP contribution in [-0.4, -0.2) is 42.4 Å². The zero-order chi connectivity index (χ0) is 17.2. The van der Waals surface area contributed by atoms with Crippen LogP contribution in [0.3, 0.4) is 0 Å². The van der Waals surface area contributed by atoms with Gasteiger partial charge in [-0.25, -0.2) is 21.6 Å². The van der Waals surface area contributed by atoms with E-state index in [1.54, 1.807) is 0 Å². The Bertz CT molecular complexity index is 824. The smallest absolute Gasteiger partial charge is 0.246 e. The highest BCUT2D eigenvalue weighted by atomic mass is 32.2. The number of aromatic amines is 1. The first kappa shape index (κ1) is 17.0. The number of likely N-dealkylation sites (N-methyl/N-ethyl adjacent to an activating group) is 1. The predicted octanol–water partition coefficient (Wildman–Crippen LogP) is 1.09. The summed E-state index contributed by atoms with van der Waals surface area (Å²) in [5, 5.41) is 7.79. The van der Waals surface area contributed by atoms with Crippen molar-refractivity contribution in [3.63, 3.8) is 0 Å². The summed E-state index contributed by atoms with van der Waals surface area (Å²) in [4.78, 5) is 11.6. The summed E-state index contributed by atoms with van der Waals surface area (Å²) in [5.74, 6) is -5.63. The number of rotatable bonds is 5. The first-order valence-electron chi connectivity index (χ1n) is 6.12. The lowest BCUT2D eigenvalue weighted by atomic mass is 10.3. The fourth-order valence-electron chi connectivity index (χ4n) is 1.66. The van der Waals surface area contributed by atoms with Crippen LogP contribution in [-0.2, 0) is 14.8 Å². The lowest BCUT2D eigenvalue weighted by Gasteiger charge is -2.15. The fourth-order valence-corrected chi connectivity index (χ4v) is 2.69. The van der Waals surface area contributed by atoms with Gasteiger partial charge in [0.05, 0.1) is 18.4 Å². The Morgan fingerprint density at radius 1 is 1.30 bits per heavy atom. The number of carbonyl (C=O) groups excluding carboxylic acids is 1. The third-order valence-corrected chi connectivity index (χ3v) is 4.63. The third-order valence-electron chi connectivity index (χ3n) is 2.86. The summed E-state index contributed by atoms with van der Waals surface area (Å²) < 4.78 is 64.1. The van der Waals surface area contributed by atoms with Crippen molar-refractivity contribution in [1.82, 2.24) is 14.5 Å². The van der Waals surface area contributed by atoms with Crippen molar-refractivity contribution >= 4 is 21.6 Å². The Morgan fingerprint density at radius 3 is 2.61 bits per heavy atom. The average Bonchev–Trinajstić information content (AvgIpc) is 3.03. The minimum absolute atomic E-state index is 0.160. The van der Waals surface area contributed by atoms with Crippen molar-refractivity contribution in [2.75, 3.05) is 18.9 Å². The lowest BCUT2D eigenvalue weighted by molar-refractivity contribution is -0.116. The van der Waals surface area contributed by atoms with E-state index in [0.29, 0.717) is 10.4 Å². The molecule has 0 saturated carbocycles. The number of hydrogen-bond acceptors (Lipinski definition) is 4. The molecule has 0 aliphatic heterocycles. The topological polar surface area (TPSA) is 95.2 Å². The van der Waals surface area contributed by atoms with Gasteiger partial charge in [-0.1, -0.05) is 0 Å².